The Hall–Kier alpha value is -4.43. The average Bonchev–Trinajstić information content (AvgIpc) is 3.27. The van der Waals surface area contributed by atoms with Crippen LogP contribution in [0.4, 0.5) is 0 Å². The SMILES string of the molecule is CCOC(=O)C1=C(c2ccccc2)N=c2s/c(=C\c3ccc(C)cc3)c(=O)n2C1c1ccc(OC)c(OC)c1. The van der Waals surface area contributed by atoms with Crippen LogP contribution in [-0.4, -0.2) is 31.4 Å². The molecule has 0 N–H and O–H groups in total. The van der Waals surface area contributed by atoms with E-state index in [1.807, 2.05) is 73.7 Å². The lowest BCUT2D eigenvalue weighted by Gasteiger charge is -2.26. The number of esters is 1. The van der Waals surface area contributed by atoms with Crippen molar-refractivity contribution >= 4 is 29.1 Å². The molecule has 4 aromatic rings. The molecule has 1 aliphatic heterocycles. The number of aryl methyl sites for hydroxylation is 1. The molecular formula is C31H28N2O5S. The summed E-state index contributed by atoms with van der Waals surface area (Å²) in [6.45, 7) is 3.95. The van der Waals surface area contributed by atoms with Gasteiger partial charge in [-0.3, -0.25) is 9.36 Å². The molecule has 0 fully saturated rings. The van der Waals surface area contributed by atoms with Crippen LogP contribution in [0.2, 0.25) is 0 Å². The highest BCUT2D eigenvalue weighted by molar-refractivity contribution is 7.07. The molecule has 198 valence electrons. The second-order valence-electron chi connectivity index (χ2n) is 8.96. The van der Waals surface area contributed by atoms with Crippen molar-refractivity contribution in [2.45, 2.75) is 19.9 Å². The van der Waals surface area contributed by atoms with E-state index in [1.54, 1.807) is 37.8 Å². The number of nitrogens with zero attached hydrogens (tertiary/aromatic N) is 2. The maximum atomic E-state index is 14.0. The zero-order valence-corrected chi connectivity index (χ0v) is 23.0. The minimum absolute atomic E-state index is 0.181. The standard InChI is InChI=1S/C31H28N2O5S/c1-5-38-30(35)26-27(21-9-7-6-8-10-21)32-31-33(28(26)22-15-16-23(36-3)24(18-22)37-4)29(34)25(39-31)17-20-13-11-19(2)12-14-20/h6-18,28H,5H2,1-4H3/b25-17-. The smallest absolute Gasteiger partial charge is 0.338 e. The van der Waals surface area contributed by atoms with Crippen molar-refractivity contribution in [2.24, 2.45) is 4.99 Å². The lowest BCUT2D eigenvalue weighted by atomic mass is 9.93. The third-order valence-electron chi connectivity index (χ3n) is 6.47. The highest BCUT2D eigenvalue weighted by Crippen LogP contribution is 2.38. The molecule has 0 amide bonds. The first kappa shape index (κ1) is 26.2. The molecule has 39 heavy (non-hydrogen) atoms. The third-order valence-corrected chi connectivity index (χ3v) is 7.46. The number of aromatic nitrogens is 1. The van der Waals surface area contributed by atoms with Gasteiger partial charge in [-0.25, -0.2) is 9.79 Å². The number of hydrogen-bond acceptors (Lipinski definition) is 7. The monoisotopic (exact) mass is 540 g/mol. The number of ether oxygens (including phenoxy) is 3. The van der Waals surface area contributed by atoms with E-state index in [1.165, 1.54) is 11.3 Å². The molecule has 0 spiro atoms. The van der Waals surface area contributed by atoms with E-state index >= 15 is 0 Å². The first-order chi connectivity index (χ1) is 18.9. The molecule has 1 aliphatic rings. The summed E-state index contributed by atoms with van der Waals surface area (Å²) in [5.41, 5.74) is 3.97. The molecule has 2 heterocycles. The number of carbonyl (C=O) groups excluding carboxylic acids is 1. The zero-order valence-electron chi connectivity index (χ0n) is 22.1. The van der Waals surface area contributed by atoms with Crippen LogP contribution < -0.4 is 24.4 Å². The summed E-state index contributed by atoms with van der Waals surface area (Å²) >= 11 is 1.29. The molecule has 1 aromatic heterocycles. The second-order valence-corrected chi connectivity index (χ2v) is 9.97. The molecular weight excluding hydrogens is 512 g/mol. The Bertz CT molecular complexity index is 1730. The van der Waals surface area contributed by atoms with Crippen LogP contribution in [0.25, 0.3) is 11.8 Å². The van der Waals surface area contributed by atoms with Crippen molar-refractivity contribution in [3.8, 4) is 11.5 Å². The van der Waals surface area contributed by atoms with E-state index in [9.17, 15) is 9.59 Å². The van der Waals surface area contributed by atoms with Crippen molar-refractivity contribution in [3.63, 3.8) is 0 Å². The summed E-state index contributed by atoms with van der Waals surface area (Å²) < 4.78 is 18.6. The van der Waals surface area contributed by atoms with Crippen LogP contribution in [0.5, 0.6) is 11.5 Å². The van der Waals surface area contributed by atoms with Gasteiger partial charge in [0, 0.05) is 5.56 Å². The van der Waals surface area contributed by atoms with Gasteiger partial charge in [-0.15, -0.1) is 0 Å². The van der Waals surface area contributed by atoms with E-state index in [-0.39, 0.29) is 17.7 Å². The van der Waals surface area contributed by atoms with Crippen LogP contribution >= 0.6 is 11.3 Å². The maximum Gasteiger partial charge on any atom is 0.338 e. The summed E-state index contributed by atoms with van der Waals surface area (Å²) in [5, 5.41) is 0. The molecule has 7 nitrogen and oxygen atoms in total. The van der Waals surface area contributed by atoms with Crippen molar-refractivity contribution in [2.75, 3.05) is 20.8 Å². The van der Waals surface area contributed by atoms with Crippen molar-refractivity contribution < 1.29 is 19.0 Å². The Morgan fingerprint density at radius 1 is 1.00 bits per heavy atom. The van der Waals surface area contributed by atoms with Gasteiger partial charge < -0.3 is 14.2 Å². The molecule has 0 saturated heterocycles. The van der Waals surface area contributed by atoms with Gasteiger partial charge in [-0.1, -0.05) is 77.6 Å². The number of benzene rings is 3. The Kier molecular flexibility index (Phi) is 7.47. The average molecular weight is 541 g/mol. The number of thiazole rings is 1. The fourth-order valence-electron chi connectivity index (χ4n) is 4.59. The Morgan fingerprint density at radius 3 is 2.38 bits per heavy atom. The lowest BCUT2D eigenvalue weighted by Crippen LogP contribution is -2.40. The van der Waals surface area contributed by atoms with Crippen LogP contribution in [-0.2, 0) is 9.53 Å². The summed E-state index contributed by atoms with van der Waals surface area (Å²) in [6, 6.07) is 22.0. The van der Waals surface area contributed by atoms with Gasteiger partial charge >= 0.3 is 5.97 Å². The van der Waals surface area contributed by atoms with E-state index in [4.69, 9.17) is 19.2 Å². The highest BCUT2D eigenvalue weighted by Gasteiger charge is 2.35. The number of methoxy groups -OCH3 is 2. The maximum absolute atomic E-state index is 14.0. The van der Waals surface area contributed by atoms with Gasteiger partial charge in [-0.2, -0.15) is 0 Å². The second kappa shape index (κ2) is 11.1. The van der Waals surface area contributed by atoms with Crippen LogP contribution in [0.15, 0.2) is 88.2 Å². The fraction of sp³-hybridized carbons (Fsp3) is 0.194. The van der Waals surface area contributed by atoms with E-state index < -0.39 is 12.0 Å². The van der Waals surface area contributed by atoms with Crippen LogP contribution in [0.1, 0.15) is 35.2 Å². The molecule has 0 bridgehead atoms. The van der Waals surface area contributed by atoms with Crippen molar-refractivity contribution in [1.82, 2.24) is 4.57 Å². The van der Waals surface area contributed by atoms with Gasteiger partial charge in [-0.05, 0) is 43.2 Å². The van der Waals surface area contributed by atoms with Gasteiger partial charge in [0.05, 0.1) is 42.7 Å². The molecule has 0 aliphatic carbocycles. The largest absolute Gasteiger partial charge is 0.493 e. The summed E-state index contributed by atoms with van der Waals surface area (Å²) in [6.07, 6.45) is 1.85. The van der Waals surface area contributed by atoms with Crippen LogP contribution in [0.3, 0.4) is 0 Å². The molecule has 0 radical (unpaired) electrons. The van der Waals surface area contributed by atoms with Gasteiger partial charge in [0.1, 0.15) is 0 Å². The Morgan fingerprint density at radius 2 is 1.72 bits per heavy atom. The lowest BCUT2D eigenvalue weighted by molar-refractivity contribution is -0.138. The van der Waals surface area contributed by atoms with Crippen molar-refractivity contribution in [3.05, 3.63) is 120 Å². The number of carbonyl (C=O) groups is 1. The highest BCUT2D eigenvalue weighted by atomic mass is 32.1. The third kappa shape index (κ3) is 5.03. The minimum Gasteiger partial charge on any atom is -0.493 e. The van der Waals surface area contributed by atoms with E-state index in [2.05, 4.69) is 0 Å². The first-order valence-corrected chi connectivity index (χ1v) is 13.3. The number of fused-ring (bicyclic) bond motifs is 1. The summed E-state index contributed by atoms with van der Waals surface area (Å²) in [4.78, 5) is 32.9. The van der Waals surface area contributed by atoms with Crippen molar-refractivity contribution in [1.29, 1.82) is 0 Å². The molecule has 8 heteroatoms. The zero-order chi connectivity index (χ0) is 27.5. The summed E-state index contributed by atoms with van der Waals surface area (Å²) in [5.74, 6) is 0.490. The Balaban J connectivity index is 1.84. The van der Waals surface area contributed by atoms with E-state index in [0.717, 1.165) is 16.7 Å². The van der Waals surface area contributed by atoms with Gasteiger partial charge in [0.25, 0.3) is 5.56 Å². The molecule has 0 saturated carbocycles. The summed E-state index contributed by atoms with van der Waals surface area (Å²) in [7, 11) is 3.11. The Labute approximate surface area is 229 Å². The van der Waals surface area contributed by atoms with E-state index in [0.29, 0.717) is 32.1 Å². The molecule has 3 aromatic carbocycles. The predicted octanol–water partition coefficient (Wildman–Crippen LogP) is 4.26. The minimum atomic E-state index is -0.796. The molecule has 1 unspecified atom stereocenters. The first-order valence-electron chi connectivity index (χ1n) is 12.5. The van der Waals surface area contributed by atoms with Gasteiger partial charge in [0.2, 0.25) is 0 Å². The van der Waals surface area contributed by atoms with Gasteiger partial charge in [0.15, 0.2) is 16.3 Å². The quantitative estimate of drug-likeness (QED) is 0.328. The molecule has 1 atom stereocenters. The number of hydrogen-bond donors (Lipinski definition) is 0. The fourth-order valence-corrected chi connectivity index (χ4v) is 5.59. The topological polar surface area (TPSA) is 79.1 Å². The molecule has 5 rings (SSSR count). The normalized spacial score (nSPS) is 15.0. The number of rotatable bonds is 7. The van der Waals surface area contributed by atoms with Crippen LogP contribution in [0, 0.1) is 6.92 Å². The predicted molar refractivity (Wildman–Crippen MR) is 152 cm³/mol.